The van der Waals surface area contributed by atoms with Crippen molar-refractivity contribution in [1.82, 2.24) is 29.5 Å². The monoisotopic (exact) mass is 499 g/mol. The van der Waals surface area contributed by atoms with Crippen molar-refractivity contribution in [1.29, 1.82) is 0 Å². The highest BCUT2D eigenvalue weighted by atomic mass is 32.2. The van der Waals surface area contributed by atoms with Crippen LogP contribution in [0.5, 0.6) is 0 Å². The molecule has 0 unspecified atom stereocenters. The molecule has 0 saturated carbocycles. The van der Waals surface area contributed by atoms with E-state index in [2.05, 4.69) is 25.6 Å². The summed E-state index contributed by atoms with van der Waals surface area (Å²) in [6.07, 6.45) is 5.08. The molecule has 0 aliphatic carbocycles. The molecule has 0 saturated heterocycles. The number of nitrogens with one attached hydrogen (secondary N) is 1. The summed E-state index contributed by atoms with van der Waals surface area (Å²) in [4.78, 5) is 17.1. The van der Waals surface area contributed by atoms with Crippen molar-refractivity contribution in [2.45, 2.75) is 32.5 Å². The van der Waals surface area contributed by atoms with E-state index in [9.17, 15) is 4.79 Å². The van der Waals surface area contributed by atoms with Gasteiger partial charge in [0.2, 0.25) is 5.91 Å². The Kier molecular flexibility index (Phi) is 6.68. The number of pyridine rings is 1. The minimum atomic E-state index is -0.148. The number of anilines is 1. The number of hydrogen-bond donors (Lipinski definition) is 1. The van der Waals surface area contributed by atoms with Crippen molar-refractivity contribution in [2.75, 3.05) is 11.1 Å². The van der Waals surface area contributed by atoms with E-state index in [1.807, 2.05) is 78.6 Å². The zero-order valence-electron chi connectivity index (χ0n) is 20.2. The molecule has 1 aromatic carbocycles. The molecule has 0 aliphatic rings. The number of aryl methyl sites for hydroxylation is 2. The molecule has 1 N–H and O–H groups in total. The molecule has 36 heavy (non-hydrogen) atoms. The maximum atomic E-state index is 12.9. The molecule has 10 heteroatoms. The largest absolute Gasteiger partial charge is 0.467 e. The summed E-state index contributed by atoms with van der Waals surface area (Å²) in [6.45, 7) is 6.32. The van der Waals surface area contributed by atoms with Crippen molar-refractivity contribution in [3.05, 3.63) is 89.9 Å². The molecule has 0 fully saturated rings. The van der Waals surface area contributed by atoms with Gasteiger partial charge in [0.05, 0.1) is 41.3 Å². The van der Waals surface area contributed by atoms with Gasteiger partial charge in [0.15, 0.2) is 11.0 Å². The molecule has 0 bridgehead atoms. The van der Waals surface area contributed by atoms with E-state index < -0.39 is 0 Å². The molecular weight excluding hydrogens is 474 g/mol. The summed E-state index contributed by atoms with van der Waals surface area (Å²) in [5, 5.41) is 17.0. The van der Waals surface area contributed by atoms with Crippen LogP contribution in [0.15, 0.2) is 76.8 Å². The molecule has 1 amide bonds. The van der Waals surface area contributed by atoms with Gasteiger partial charge in [-0.3, -0.25) is 14.3 Å². The van der Waals surface area contributed by atoms with Crippen LogP contribution >= 0.6 is 11.8 Å². The lowest BCUT2D eigenvalue weighted by Gasteiger charge is -2.09. The Labute approximate surface area is 212 Å². The van der Waals surface area contributed by atoms with Crippen LogP contribution in [0, 0.1) is 20.8 Å². The summed E-state index contributed by atoms with van der Waals surface area (Å²) in [7, 11) is 0. The summed E-state index contributed by atoms with van der Waals surface area (Å²) in [5.41, 5.74) is 5.31. The highest BCUT2D eigenvalue weighted by Gasteiger charge is 2.19. The molecule has 0 spiro atoms. The number of rotatable bonds is 8. The average molecular weight is 500 g/mol. The number of carbonyl (C=O) groups excluding carboxylic acids is 1. The lowest BCUT2D eigenvalue weighted by Crippen LogP contribution is -2.16. The van der Waals surface area contributed by atoms with Gasteiger partial charge in [-0.25, -0.2) is 4.68 Å². The first kappa shape index (κ1) is 23.6. The Hall–Kier alpha value is -4.18. The molecular formula is C26H25N7O2S. The minimum absolute atomic E-state index is 0.148. The van der Waals surface area contributed by atoms with E-state index in [1.54, 1.807) is 18.7 Å². The summed E-state index contributed by atoms with van der Waals surface area (Å²) in [5.74, 6) is 1.44. The van der Waals surface area contributed by atoms with E-state index in [0.717, 1.165) is 28.4 Å². The van der Waals surface area contributed by atoms with Gasteiger partial charge in [0, 0.05) is 18.0 Å². The second kappa shape index (κ2) is 10.2. The van der Waals surface area contributed by atoms with Gasteiger partial charge in [-0.05, 0) is 57.2 Å². The topological polar surface area (TPSA) is 104 Å². The maximum Gasteiger partial charge on any atom is 0.234 e. The fourth-order valence-electron chi connectivity index (χ4n) is 3.87. The lowest BCUT2D eigenvalue weighted by molar-refractivity contribution is -0.113. The summed E-state index contributed by atoms with van der Waals surface area (Å²) >= 11 is 1.32. The SMILES string of the molecule is Cc1ccc(-n2nc(C)c(NC(=O)CSc3nnc(-c4cccnc4)n3Cc3ccco3)c2C)cc1. The van der Waals surface area contributed by atoms with Crippen LogP contribution in [0.25, 0.3) is 17.1 Å². The van der Waals surface area contributed by atoms with Gasteiger partial charge >= 0.3 is 0 Å². The first-order valence-corrected chi connectivity index (χ1v) is 12.4. The minimum Gasteiger partial charge on any atom is -0.467 e. The van der Waals surface area contributed by atoms with Crippen molar-refractivity contribution >= 4 is 23.4 Å². The van der Waals surface area contributed by atoms with E-state index in [-0.39, 0.29) is 11.7 Å². The molecule has 4 heterocycles. The first-order valence-electron chi connectivity index (χ1n) is 11.4. The third-order valence-corrected chi connectivity index (χ3v) is 6.66. The Balaban J connectivity index is 1.33. The molecule has 4 aromatic heterocycles. The standard InChI is InChI=1S/C26H25N7O2S/c1-17-8-10-21(11-9-17)33-19(3)24(18(2)31-33)28-23(34)16-36-26-30-29-25(20-6-4-12-27-14-20)32(26)15-22-7-5-13-35-22/h4-14H,15-16H2,1-3H3,(H,28,34). The van der Waals surface area contributed by atoms with E-state index >= 15 is 0 Å². The number of amides is 1. The van der Waals surface area contributed by atoms with Crippen LogP contribution in [0.3, 0.4) is 0 Å². The van der Waals surface area contributed by atoms with Gasteiger partial charge < -0.3 is 9.73 Å². The van der Waals surface area contributed by atoms with Crippen LogP contribution in [-0.4, -0.2) is 41.2 Å². The van der Waals surface area contributed by atoms with Gasteiger partial charge in [-0.2, -0.15) is 5.10 Å². The smallest absolute Gasteiger partial charge is 0.234 e. The van der Waals surface area contributed by atoms with E-state index in [1.165, 1.54) is 17.3 Å². The quantitative estimate of drug-likeness (QED) is 0.305. The Morgan fingerprint density at radius 2 is 1.89 bits per heavy atom. The number of carbonyl (C=O) groups is 1. The predicted octanol–water partition coefficient (Wildman–Crippen LogP) is 4.82. The molecule has 182 valence electrons. The van der Waals surface area contributed by atoms with Gasteiger partial charge in [0.25, 0.3) is 0 Å². The predicted molar refractivity (Wildman–Crippen MR) is 138 cm³/mol. The van der Waals surface area contributed by atoms with Crippen LogP contribution in [0.4, 0.5) is 5.69 Å². The number of aromatic nitrogens is 6. The Morgan fingerprint density at radius 3 is 2.61 bits per heavy atom. The molecule has 9 nitrogen and oxygen atoms in total. The van der Waals surface area contributed by atoms with Crippen LogP contribution in [-0.2, 0) is 11.3 Å². The van der Waals surface area contributed by atoms with Crippen molar-refractivity contribution in [3.8, 4) is 17.1 Å². The van der Waals surface area contributed by atoms with Gasteiger partial charge in [0.1, 0.15) is 5.76 Å². The van der Waals surface area contributed by atoms with Crippen LogP contribution in [0.1, 0.15) is 22.7 Å². The fourth-order valence-corrected chi connectivity index (χ4v) is 4.61. The highest BCUT2D eigenvalue weighted by molar-refractivity contribution is 7.99. The maximum absolute atomic E-state index is 12.9. The Bertz CT molecular complexity index is 1470. The molecule has 0 radical (unpaired) electrons. The highest BCUT2D eigenvalue weighted by Crippen LogP contribution is 2.27. The third-order valence-electron chi connectivity index (χ3n) is 5.70. The Morgan fingerprint density at radius 1 is 1.06 bits per heavy atom. The van der Waals surface area contributed by atoms with Crippen molar-refractivity contribution in [2.24, 2.45) is 0 Å². The number of benzene rings is 1. The normalized spacial score (nSPS) is 11.1. The molecule has 5 rings (SSSR count). The number of thioether (sulfide) groups is 1. The van der Waals surface area contributed by atoms with Gasteiger partial charge in [-0.1, -0.05) is 29.5 Å². The third kappa shape index (κ3) is 4.94. The van der Waals surface area contributed by atoms with E-state index in [0.29, 0.717) is 23.2 Å². The number of nitrogens with zero attached hydrogens (tertiary/aromatic N) is 6. The fraction of sp³-hybridized carbons (Fsp3) is 0.192. The summed E-state index contributed by atoms with van der Waals surface area (Å²) in [6, 6.07) is 15.6. The number of furan rings is 1. The second-order valence-corrected chi connectivity index (χ2v) is 9.29. The van der Waals surface area contributed by atoms with Crippen LogP contribution < -0.4 is 5.32 Å². The molecule has 0 aliphatic heterocycles. The molecule has 5 aromatic rings. The second-order valence-electron chi connectivity index (χ2n) is 8.34. The summed E-state index contributed by atoms with van der Waals surface area (Å²) < 4.78 is 9.31. The van der Waals surface area contributed by atoms with Crippen molar-refractivity contribution in [3.63, 3.8) is 0 Å². The van der Waals surface area contributed by atoms with Crippen LogP contribution in [0.2, 0.25) is 0 Å². The zero-order chi connectivity index (χ0) is 25.1. The molecule has 0 atom stereocenters. The number of hydrogen-bond acceptors (Lipinski definition) is 7. The zero-order valence-corrected chi connectivity index (χ0v) is 21.0. The van der Waals surface area contributed by atoms with E-state index in [4.69, 9.17) is 4.42 Å². The first-order chi connectivity index (χ1) is 17.5. The van der Waals surface area contributed by atoms with Crippen molar-refractivity contribution < 1.29 is 9.21 Å². The average Bonchev–Trinajstić information content (AvgIpc) is 3.61. The lowest BCUT2D eigenvalue weighted by atomic mass is 10.2. The van der Waals surface area contributed by atoms with Gasteiger partial charge in [-0.15, -0.1) is 10.2 Å².